The molecule has 3 saturated heterocycles. The van der Waals surface area contributed by atoms with Crippen LogP contribution in [0.2, 0.25) is 0 Å². The van der Waals surface area contributed by atoms with E-state index in [0.29, 0.717) is 0 Å². The molecule has 0 aromatic carbocycles. The minimum absolute atomic E-state index is 0.250. The Morgan fingerprint density at radius 2 is 1.82 bits per heavy atom. The SMILES string of the molecule is NC1=N[C@H](O)[C@H]2[C@H]3O[C@@]4(O)O[C@@H](C(O)[C@@]2(N1)[C@@H]4O)[C@]3(O)CO. The third kappa shape index (κ3) is 1.28. The van der Waals surface area contributed by atoms with E-state index in [2.05, 4.69) is 10.3 Å². The topological polar surface area (TPSA) is 190 Å². The summed E-state index contributed by atoms with van der Waals surface area (Å²) < 4.78 is 10.3. The maximum Gasteiger partial charge on any atom is 0.311 e. The lowest BCUT2D eigenvalue weighted by Crippen LogP contribution is -2.95. The van der Waals surface area contributed by atoms with Crippen molar-refractivity contribution in [1.82, 2.24) is 5.32 Å². The van der Waals surface area contributed by atoms with E-state index in [1.54, 1.807) is 0 Å². The van der Waals surface area contributed by atoms with Gasteiger partial charge in [0.15, 0.2) is 18.3 Å². The van der Waals surface area contributed by atoms with E-state index in [4.69, 9.17) is 15.2 Å². The van der Waals surface area contributed by atoms with Crippen LogP contribution in [0.5, 0.6) is 0 Å². The number of ether oxygens (including phenoxy) is 2. The Bertz CT molecular complexity index is 561. The summed E-state index contributed by atoms with van der Waals surface area (Å²) in [6.45, 7) is -0.857. The van der Waals surface area contributed by atoms with E-state index >= 15 is 0 Å². The summed E-state index contributed by atoms with van der Waals surface area (Å²) in [6.07, 6.45) is -7.77. The van der Waals surface area contributed by atoms with Gasteiger partial charge in [0.1, 0.15) is 29.5 Å². The van der Waals surface area contributed by atoms with Crippen LogP contribution in [-0.2, 0) is 9.47 Å². The number of hydrogen-bond acceptors (Lipinski definition) is 11. The van der Waals surface area contributed by atoms with Gasteiger partial charge in [-0.15, -0.1) is 0 Å². The molecule has 4 fully saturated rings. The lowest BCUT2D eigenvalue weighted by Gasteiger charge is -2.71. The third-order valence-electron chi connectivity index (χ3n) is 5.22. The quantitative estimate of drug-likeness (QED) is 0.231. The van der Waals surface area contributed by atoms with Gasteiger partial charge >= 0.3 is 5.97 Å². The molecule has 1 saturated carbocycles. The molecule has 4 aliphatic heterocycles. The van der Waals surface area contributed by atoms with Gasteiger partial charge in [0.2, 0.25) is 0 Å². The van der Waals surface area contributed by atoms with Crippen molar-refractivity contribution in [2.75, 3.05) is 6.61 Å². The number of guanidine groups is 1. The summed E-state index contributed by atoms with van der Waals surface area (Å²) in [5.74, 6) is -3.95. The Hall–Kier alpha value is -1.05. The van der Waals surface area contributed by atoms with E-state index < -0.39 is 60.3 Å². The fourth-order valence-electron chi connectivity index (χ4n) is 4.24. The Labute approximate surface area is 123 Å². The maximum atomic E-state index is 10.6. The molecule has 1 unspecified atom stereocenters. The van der Waals surface area contributed by atoms with Crippen LogP contribution in [0.1, 0.15) is 0 Å². The van der Waals surface area contributed by atoms with Gasteiger partial charge < -0.3 is 51.2 Å². The summed E-state index contributed by atoms with van der Waals surface area (Å²) in [5.41, 5.74) is 1.74. The van der Waals surface area contributed by atoms with Crippen molar-refractivity contribution in [3.8, 4) is 0 Å². The van der Waals surface area contributed by atoms with E-state index in [-0.39, 0.29) is 5.96 Å². The standard InChI is InChI=1S/C11H17N3O8/c12-8-13-6(17)2-4-9(19,1-15)5-3(16)10(2,14-8)7(18)11(20,21-4)22-5/h2-7,15-20H,1H2,(H3,12,13,14)/t2-,3?,4-,5+,6-,7+,9+,10-,11-/m1/s1. The summed E-state index contributed by atoms with van der Waals surface area (Å²) in [7, 11) is 0. The number of nitrogens with zero attached hydrogens (tertiary/aromatic N) is 1. The number of aliphatic imine (C=N–C) groups is 1. The first-order valence-corrected chi connectivity index (χ1v) is 6.77. The second kappa shape index (κ2) is 3.88. The van der Waals surface area contributed by atoms with Crippen molar-refractivity contribution in [1.29, 1.82) is 0 Å². The Balaban J connectivity index is 1.95. The predicted octanol–water partition coefficient (Wildman–Crippen LogP) is -5.52. The maximum absolute atomic E-state index is 10.6. The minimum atomic E-state index is -2.52. The van der Waals surface area contributed by atoms with Gasteiger partial charge in [-0.25, -0.2) is 4.99 Å². The summed E-state index contributed by atoms with van der Waals surface area (Å²) in [4.78, 5) is 3.70. The largest absolute Gasteiger partial charge is 0.393 e. The van der Waals surface area contributed by atoms with Crippen molar-refractivity contribution in [2.24, 2.45) is 16.6 Å². The number of nitrogens with two attached hydrogens (primary N) is 1. The molecule has 5 rings (SSSR count). The first kappa shape index (κ1) is 14.5. The van der Waals surface area contributed by atoms with Crippen LogP contribution in [0.25, 0.3) is 0 Å². The zero-order chi connectivity index (χ0) is 16.1. The van der Waals surface area contributed by atoms with Crippen molar-refractivity contribution in [3.63, 3.8) is 0 Å². The molecule has 0 aromatic rings. The normalized spacial score (nSPS) is 62.4. The van der Waals surface area contributed by atoms with Crippen LogP contribution in [0, 0.1) is 5.92 Å². The van der Waals surface area contributed by atoms with Crippen LogP contribution in [0.15, 0.2) is 4.99 Å². The monoisotopic (exact) mass is 319 g/mol. The molecule has 11 heteroatoms. The minimum Gasteiger partial charge on any atom is -0.393 e. The van der Waals surface area contributed by atoms with E-state index in [1.165, 1.54) is 0 Å². The first-order chi connectivity index (χ1) is 10.2. The van der Waals surface area contributed by atoms with Gasteiger partial charge in [0.05, 0.1) is 12.5 Å². The van der Waals surface area contributed by atoms with Crippen molar-refractivity contribution >= 4 is 5.96 Å². The molecule has 4 heterocycles. The molecule has 0 radical (unpaired) electrons. The highest BCUT2D eigenvalue weighted by molar-refractivity contribution is 5.80. The molecule has 9 N–H and O–H groups in total. The first-order valence-electron chi connectivity index (χ1n) is 6.77. The molecule has 11 nitrogen and oxygen atoms in total. The zero-order valence-corrected chi connectivity index (χ0v) is 11.2. The second-order valence-corrected chi connectivity index (χ2v) is 6.22. The van der Waals surface area contributed by atoms with Crippen LogP contribution >= 0.6 is 0 Å². The predicted molar refractivity (Wildman–Crippen MR) is 65.7 cm³/mol. The van der Waals surface area contributed by atoms with Gasteiger partial charge in [0.25, 0.3) is 0 Å². The molecule has 0 aromatic heterocycles. The zero-order valence-electron chi connectivity index (χ0n) is 11.2. The lowest BCUT2D eigenvalue weighted by atomic mass is 9.55. The lowest BCUT2D eigenvalue weighted by molar-refractivity contribution is -0.548. The molecular formula is C11H17N3O8. The Morgan fingerprint density at radius 3 is 2.45 bits per heavy atom. The average Bonchev–Trinajstić information content (AvgIpc) is 2.45. The van der Waals surface area contributed by atoms with Gasteiger partial charge in [-0.2, -0.15) is 0 Å². The Kier molecular flexibility index (Phi) is 2.57. The smallest absolute Gasteiger partial charge is 0.311 e. The van der Waals surface area contributed by atoms with Crippen molar-refractivity contribution < 1.29 is 40.1 Å². The third-order valence-corrected chi connectivity index (χ3v) is 5.22. The molecule has 124 valence electrons. The van der Waals surface area contributed by atoms with Crippen molar-refractivity contribution in [3.05, 3.63) is 0 Å². The number of aliphatic hydroxyl groups is 6. The molecule has 9 atom stereocenters. The molecule has 22 heavy (non-hydrogen) atoms. The van der Waals surface area contributed by atoms with Crippen LogP contribution in [-0.4, -0.2) is 91.0 Å². The molecular weight excluding hydrogens is 302 g/mol. The Morgan fingerprint density at radius 1 is 1.18 bits per heavy atom. The summed E-state index contributed by atoms with van der Waals surface area (Å²) in [6, 6.07) is 0. The number of hydrogen-bond donors (Lipinski definition) is 8. The van der Waals surface area contributed by atoms with Gasteiger partial charge in [-0.05, 0) is 0 Å². The highest BCUT2D eigenvalue weighted by atomic mass is 16.9. The molecule has 5 aliphatic rings. The number of aliphatic hydroxyl groups excluding tert-OH is 4. The molecule has 4 bridgehead atoms. The van der Waals surface area contributed by atoms with E-state index in [0.717, 1.165) is 0 Å². The van der Waals surface area contributed by atoms with Crippen LogP contribution in [0.4, 0.5) is 0 Å². The fraction of sp³-hybridized carbons (Fsp3) is 0.909. The summed E-state index contributed by atoms with van der Waals surface area (Å²) in [5, 5.41) is 64.3. The van der Waals surface area contributed by atoms with Crippen LogP contribution in [0.3, 0.4) is 0 Å². The number of nitrogens with one attached hydrogen (secondary N) is 1. The highest BCUT2D eigenvalue weighted by Crippen LogP contribution is 2.58. The van der Waals surface area contributed by atoms with Crippen LogP contribution < -0.4 is 11.1 Å². The number of rotatable bonds is 1. The van der Waals surface area contributed by atoms with Gasteiger partial charge in [-0.3, -0.25) is 0 Å². The second-order valence-electron chi connectivity index (χ2n) is 6.22. The van der Waals surface area contributed by atoms with Gasteiger partial charge in [-0.1, -0.05) is 0 Å². The highest BCUT2D eigenvalue weighted by Gasteiger charge is 2.82. The molecule has 1 spiro atoms. The molecule has 0 amide bonds. The average molecular weight is 319 g/mol. The molecule has 1 aliphatic carbocycles. The van der Waals surface area contributed by atoms with E-state index in [9.17, 15) is 30.6 Å². The fourth-order valence-corrected chi connectivity index (χ4v) is 4.24. The summed E-state index contributed by atoms with van der Waals surface area (Å²) >= 11 is 0. The van der Waals surface area contributed by atoms with Gasteiger partial charge in [0, 0.05) is 0 Å². The van der Waals surface area contributed by atoms with Crippen molar-refractivity contribution in [2.45, 2.75) is 47.8 Å². The van der Waals surface area contributed by atoms with E-state index in [1.807, 2.05) is 0 Å².